The molecule has 61 heavy (non-hydrogen) atoms. The number of benzene rings is 2. The lowest BCUT2D eigenvalue weighted by atomic mass is 10.1. The van der Waals surface area contributed by atoms with Gasteiger partial charge < -0.3 is 39.1 Å². The molecule has 12 heteroatoms. The van der Waals surface area contributed by atoms with Gasteiger partial charge in [0.1, 0.15) is 24.4 Å². The van der Waals surface area contributed by atoms with E-state index >= 15 is 0 Å². The van der Waals surface area contributed by atoms with Crippen LogP contribution in [0.5, 0.6) is 23.0 Å². The SMILES string of the molecule is CCCCCCCCOc1cc(C=CC(=O)CC(=O)C=Cc2ccc(OCCNC(=O)OC(C)(C)C)c(OCCCCCCCC)c2)ccc1OCCNC(=O)OC(C)(C)C. The Bertz CT molecular complexity index is 1550. The Kier molecular flexibility index (Phi) is 25.0. The predicted molar refractivity (Wildman–Crippen MR) is 243 cm³/mol. The van der Waals surface area contributed by atoms with Gasteiger partial charge in [0.25, 0.3) is 0 Å². The van der Waals surface area contributed by atoms with Gasteiger partial charge in [-0.3, -0.25) is 9.59 Å². The molecular formula is C49H74N2O10. The van der Waals surface area contributed by atoms with Crippen molar-refractivity contribution >= 4 is 35.9 Å². The van der Waals surface area contributed by atoms with E-state index in [1.165, 1.54) is 50.7 Å². The first-order valence-electron chi connectivity index (χ1n) is 22.2. The van der Waals surface area contributed by atoms with Gasteiger partial charge in [-0.1, -0.05) is 102 Å². The molecule has 0 spiro atoms. The number of ketones is 2. The summed E-state index contributed by atoms with van der Waals surface area (Å²) >= 11 is 0. The van der Waals surface area contributed by atoms with Gasteiger partial charge in [-0.05, 0) is 102 Å². The number of alkyl carbamates (subject to hydrolysis) is 2. The van der Waals surface area contributed by atoms with Crippen LogP contribution in [-0.4, -0.2) is 74.5 Å². The zero-order valence-electron chi connectivity index (χ0n) is 38.3. The molecule has 2 rings (SSSR count). The van der Waals surface area contributed by atoms with E-state index in [-0.39, 0.29) is 44.3 Å². The molecule has 0 atom stereocenters. The van der Waals surface area contributed by atoms with E-state index in [1.807, 2.05) is 0 Å². The summed E-state index contributed by atoms with van der Waals surface area (Å²) in [5, 5.41) is 5.37. The summed E-state index contributed by atoms with van der Waals surface area (Å²) in [6.45, 7) is 17.1. The molecule has 340 valence electrons. The second-order valence-corrected chi connectivity index (χ2v) is 17.0. The highest BCUT2D eigenvalue weighted by Crippen LogP contribution is 2.31. The zero-order chi connectivity index (χ0) is 44.9. The molecule has 0 fully saturated rings. The van der Waals surface area contributed by atoms with Gasteiger partial charge in [0.05, 0.1) is 32.7 Å². The molecule has 0 radical (unpaired) electrons. The van der Waals surface area contributed by atoms with Crippen LogP contribution >= 0.6 is 0 Å². The van der Waals surface area contributed by atoms with Crippen molar-refractivity contribution in [1.82, 2.24) is 10.6 Å². The number of amides is 2. The fourth-order valence-electron chi connectivity index (χ4n) is 5.77. The summed E-state index contributed by atoms with van der Waals surface area (Å²) < 4.78 is 34.7. The Labute approximate surface area is 365 Å². The maximum absolute atomic E-state index is 12.9. The van der Waals surface area contributed by atoms with Crippen LogP contribution in [0.3, 0.4) is 0 Å². The number of rotatable bonds is 30. The van der Waals surface area contributed by atoms with Crippen molar-refractivity contribution in [2.75, 3.05) is 39.5 Å². The van der Waals surface area contributed by atoms with Crippen LogP contribution in [0.4, 0.5) is 9.59 Å². The molecule has 2 amide bonds. The summed E-state index contributed by atoms with van der Waals surface area (Å²) in [7, 11) is 0. The Morgan fingerprint density at radius 1 is 0.492 bits per heavy atom. The van der Waals surface area contributed by atoms with E-state index in [9.17, 15) is 19.2 Å². The molecule has 2 aromatic rings. The molecule has 0 saturated carbocycles. The fraction of sp³-hybridized carbons (Fsp3) is 0.592. The fourth-order valence-corrected chi connectivity index (χ4v) is 5.77. The standard InChI is InChI=1S/C49H74N2O10/c1-9-11-13-15-17-19-31-56-44-35-38(23-27-42(44)58-33-29-50-46(54)60-48(3,4)5)21-25-40(52)37-41(53)26-22-39-24-28-43(59-34-30-51-47(55)61-49(6,7)8)45(36-39)57-32-20-18-16-14-12-10-2/h21-28,35-36H,9-20,29-34,37H2,1-8H3,(H,50,54)(H,51,55). The lowest BCUT2D eigenvalue weighted by Gasteiger charge is -2.20. The van der Waals surface area contributed by atoms with E-state index in [0.29, 0.717) is 47.3 Å². The molecule has 0 aliphatic rings. The Morgan fingerprint density at radius 2 is 0.852 bits per heavy atom. The number of unbranched alkanes of at least 4 members (excludes halogenated alkanes) is 10. The van der Waals surface area contributed by atoms with Crippen molar-refractivity contribution in [3.05, 3.63) is 59.7 Å². The van der Waals surface area contributed by atoms with E-state index in [4.69, 9.17) is 28.4 Å². The van der Waals surface area contributed by atoms with Crippen molar-refractivity contribution in [2.24, 2.45) is 0 Å². The quantitative estimate of drug-likeness (QED) is 0.0442. The highest BCUT2D eigenvalue weighted by Gasteiger charge is 2.17. The number of carbonyl (C=O) groups excluding carboxylic acids is 4. The van der Waals surface area contributed by atoms with E-state index in [0.717, 1.165) is 38.5 Å². The molecule has 0 heterocycles. The average Bonchev–Trinajstić information content (AvgIpc) is 3.18. The summed E-state index contributed by atoms with van der Waals surface area (Å²) in [5.74, 6) is 1.42. The number of hydrogen-bond donors (Lipinski definition) is 2. The third-order valence-corrected chi connectivity index (χ3v) is 8.77. The summed E-state index contributed by atoms with van der Waals surface area (Å²) in [4.78, 5) is 49.8. The Morgan fingerprint density at radius 3 is 1.23 bits per heavy atom. The number of hydrogen-bond acceptors (Lipinski definition) is 10. The average molecular weight is 851 g/mol. The van der Waals surface area contributed by atoms with Gasteiger partial charge in [0.15, 0.2) is 34.6 Å². The summed E-state index contributed by atoms with van der Waals surface area (Å²) in [5.41, 5.74) is 0.232. The second kappa shape index (κ2) is 29.3. The van der Waals surface area contributed by atoms with Crippen LogP contribution in [0.1, 0.15) is 150 Å². The molecule has 0 aliphatic carbocycles. The normalized spacial score (nSPS) is 11.7. The molecule has 2 N–H and O–H groups in total. The second-order valence-electron chi connectivity index (χ2n) is 17.0. The van der Waals surface area contributed by atoms with Crippen molar-refractivity contribution < 1.29 is 47.6 Å². The lowest BCUT2D eigenvalue weighted by Crippen LogP contribution is -2.34. The van der Waals surface area contributed by atoms with Crippen LogP contribution < -0.4 is 29.6 Å². The number of ether oxygens (including phenoxy) is 6. The van der Waals surface area contributed by atoms with Crippen LogP contribution in [0, 0.1) is 0 Å². The minimum Gasteiger partial charge on any atom is -0.490 e. The van der Waals surface area contributed by atoms with Gasteiger partial charge in [0.2, 0.25) is 0 Å². The molecule has 0 saturated heterocycles. The van der Waals surface area contributed by atoms with Gasteiger partial charge in [0, 0.05) is 0 Å². The summed E-state index contributed by atoms with van der Waals surface area (Å²) in [6, 6.07) is 10.7. The molecule has 12 nitrogen and oxygen atoms in total. The minimum atomic E-state index is -0.597. The van der Waals surface area contributed by atoms with Crippen LogP contribution in [0.15, 0.2) is 48.6 Å². The first kappa shape index (κ1) is 52.1. The first-order chi connectivity index (χ1) is 29.1. The zero-order valence-corrected chi connectivity index (χ0v) is 38.3. The molecule has 2 aromatic carbocycles. The van der Waals surface area contributed by atoms with Crippen LogP contribution in [0.2, 0.25) is 0 Å². The smallest absolute Gasteiger partial charge is 0.407 e. The van der Waals surface area contributed by atoms with E-state index in [1.54, 1.807) is 90.1 Å². The molecular weight excluding hydrogens is 777 g/mol. The third-order valence-electron chi connectivity index (χ3n) is 8.77. The van der Waals surface area contributed by atoms with Gasteiger partial charge in [-0.15, -0.1) is 0 Å². The maximum Gasteiger partial charge on any atom is 0.407 e. The van der Waals surface area contributed by atoms with Crippen LogP contribution in [0.25, 0.3) is 12.2 Å². The van der Waals surface area contributed by atoms with Gasteiger partial charge in [-0.25, -0.2) is 9.59 Å². The number of carbonyl (C=O) groups is 4. The first-order valence-corrected chi connectivity index (χ1v) is 22.2. The molecule has 0 aromatic heterocycles. The van der Waals surface area contributed by atoms with Gasteiger partial charge in [-0.2, -0.15) is 0 Å². The molecule has 0 unspecified atom stereocenters. The monoisotopic (exact) mass is 851 g/mol. The maximum atomic E-state index is 12.9. The Balaban J connectivity index is 2.04. The highest BCUT2D eigenvalue weighted by atomic mass is 16.6. The van der Waals surface area contributed by atoms with Crippen molar-refractivity contribution in [3.8, 4) is 23.0 Å². The van der Waals surface area contributed by atoms with E-state index in [2.05, 4.69) is 24.5 Å². The van der Waals surface area contributed by atoms with Crippen LogP contribution in [-0.2, 0) is 19.1 Å². The Hall–Kier alpha value is -5.00. The predicted octanol–water partition coefficient (Wildman–Crippen LogP) is 11.2. The highest BCUT2D eigenvalue weighted by molar-refractivity contribution is 6.10. The number of allylic oxidation sites excluding steroid dienone is 2. The topological polar surface area (TPSA) is 148 Å². The van der Waals surface area contributed by atoms with Crippen molar-refractivity contribution in [3.63, 3.8) is 0 Å². The summed E-state index contributed by atoms with van der Waals surface area (Å²) in [6.07, 6.45) is 18.3. The molecule has 0 aliphatic heterocycles. The molecule has 0 bridgehead atoms. The van der Waals surface area contributed by atoms with Crippen molar-refractivity contribution in [2.45, 2.75) is 150 Å². The minimum absolute atomic E-state index is 0.205. The van der Waals surface area contributed by atoms with Gasteiger partial charge >= 0.3 is 12.2 Å². The third kappa shape index (κ3) is 26.1. The van der Waals surface area contributed by atoms with Crippen molar-refractivity contribution in [1.29, 1.82) is 0 Å². The van der Waals surface area contributed by atoms with E-state index < -0.39 is 23.4 Å². The lowest BCUT2D eigenvalue weighted by molar-refractivity contribution is -0.121. The largest absolute Gasteiger partial charge is 0.490 e. The number of nitrogens with one attached hydrogen (secondary N) is 2.